The topological polar surface area (TPSA) is 116 Å². The molecule has 3 aromatic heterocycles. The predicted molar refractivity (Wildman–Crippen MR) is 294 cm³/mol. The number of hydrogen-bond acceptors (Lipinski definition) is 4. The van der Waals surface area contributed by atoms with Crippen LogP contribution in [0.2, 0.25) is 0 Å². The molecule has 0 radical (unpaired) electrons. The average Bonchev–Trinajstić information content (AvgIpc) is 0.984. The summed E-state index contributed by atoms with van der Waals surface area (Å²) >= 11 is 0. The molecule has 2 aromatic carbocycles. The van der Waals surface area contributed by atoms with Crippen molar-refractivity contribution in [1.82, 2.24) is 19.9 Å². The van der Waals surface area contributed by atoms with Gasteiger partial charge in [0.25, 0.3) is 0 Å². The van der Waals surface area contributed by atoms with Gasteiger partial charge in [-0.3, -0.25) is 9.59 Å². The summed E-state index contributed by atoms with van der Waals surface area (Å²) in [4.78, 5) is 42.4. The molecule has 0 fully saturated rings. The molecule has 8 nitrogen and oxygen atoms in total. The number of aromatic amines is 2. The number of para-hydroxylation sites is 2. The number of anilines is 2. The van der Waals surface area contributed by atoms with Crippen molar-refractivity contribution in [3.05, 3.63) is 106 Å². The molecular formula is C60H46F30N6O2. The van der Waals surface area contributed by atoms with Gasteiger partial charge in [0.05, 0.1) is 33.8 Å². The lowest BCUT2D eigenvalue weighted by Crippen LogP contribution is -2.73. The van der Waals surface area contributed by atoms with Crippen LogP contribution in [0.5, 0.6) is 0 Å². The van der Waals surface area contributed by atoms with Crippen molar-refractivity contribution in [3.8, 4) is 22.3 Å². The van der Waals surface area contributed by atoms with E-state index >= 15 is 35.1 Å². The minimum absolute atomic E-state index is 0.0186. The van der Waals surface area contributed by atoms with Crippen LogP contribution >= 0.6 is 0 Å². The Labute approximate surface area is 531 Å². The number of nitrogens with one attached hydrogen (secondary N) is 4. The van der Waals surface area contributed by atoms with Gasteiger partial charge in [0.15, 0.2) is 0 Å². The van der Waals surface area contributed by atoms with Crippen LogP contribution in [-0.4, -0.2) is 115 Å². The third-order valence-electron chi connectivity index (χ3n) is 16.6. The number of H-pyrrole nitrogens is 2. The molecule has 0 saturated carbocycles. The van der Waals surface area contributed by atoms with Crippen molar-refractivity contribution in [1.29, 1.82) is 0 Å². The number of carbonyl (C=O) groups is 2. The number of nitrogens with zero attached hydrogens (tertiary/aromatic N) is 2. The largest absolute Gasteiger partial charge is 0.460 e. The van der Waals surface area contributed by atoms with Crippen LogP contribution in [0.1, 0.15) is 99.4 Å². The molecule has 5 heterocycles. The first kappa shape index (κ1) is 77.2. The van der Waals surface area contributed by atoms with Gasteiger partial charge in [-0.2, -0.15) is 132 Å². The number of halogens is 30. The van der Waals surface area contributed by atoms with Gasteiger partial charge in [0, 0.05) is 44.7 Å². The first-order valence-corrected chi connectivity index (χ1v) is 28.0. The van der Waals surface area contributed by atoms with Crippen molar-refractivity contribution >= 4 is 67.5 Å². The van der Waals surface area contributed by atoms with E-state index in [2.05, 4.69) is 9.97 Å². The molecular weight excluding hydrogens is 1410 g/mol. The van der Waals surface area contributed by atoms with Gasteiger partial charge in [-0.1, -0.05) is 64.1 Å². The van der Waals surface area contributed by atoms with E-state index in [0.717, 1.165) is 47.0 Å². The zero-order chi connectivity index (χ0) is 75.0. The van der Waals surface area contributed by atoms with Gasteiger partial charge >= 0.3 is 95.2 Å². The number of hydrogen-bond donors (Lipinski definition) is 4. The van der Waals surface area contributed by atoms with Gasteiger partial charge in [-0.05, 0) is 122 Å². The lowest BCUT2D eigenvalue weighted by Gasteiger charge is -2.41. The monoisotopic (exact) mass is 1450 g/mol. The van der Waals surface area contributed by atoms with E-state index in [1.54, 1.807) is 13.8 Å². The maximum atomic E-state index is 15.7. The molecule has 538 valence electrons. The second kappa shape index (κ2) is 24.4. The van der Waals surface area contributed by atoms with Gasteiger partial charge in [-0.25, -0.2) is 9.97 Å². The van der Waals surface area contributed by atoms with Crippen LogP contribution in [-0.2, 0) is 22.4 Å². The fourth-order valence-electron chi connectivity index (χ4n) is 11.1. The minimum atomic E-state index is -8.73. The quantitative estimate of drug-likeness (QED) is 0.0581. The standard InChI is InChI=1S/C60H46F30N6O2/c1-9-27-23(5)41-39(31-17-13-15-19-33(31)95-45(97)47(61,62)49(65,66)51(69,70)53(73,74)55(77,78)57(81,82)59(85,86)87)42-25(7)29(11-3)37(93-42)22-38-30(12-4)26(8)44(94-38)40(43-24(6)28(10-2)36(92-43)21-35(27)91-41)32-18-14-16-20-34(32)96-46(98)48(63,64)50(67,68)52(71,72)54(75,76)56(79,80)58(83,84)60(88,89)90/h13-22,91,94H,9-12H2,1-8H3,(H,95,97)(H,96,98). The van der Waals surface area contributed by atoms with E-state index in [0.29, 0.717) is 12.1 Å². The second-order valence-corrected chi connectivity index (χ2v) is 22.3. The van der Waals surface area contributed by atoms with Crippen molar-refractivity contribution in [2.45, 2.75) is 164 Å². The molecule has 38 heteroatoms. The fraction of sp³-hybridized carbons (Fsp3) is 0.433. The van der Waals surface area contributed by atoms with E-state index < -0.39 is 118 Å². The van der Waals surface area contributed by atoms with E-state index in [1.807, 2.05) is 0 Å². The Balaban J connectivity index is 1.52. The molecule has 0 spiro atoms. The summed E-state index contributed by atoms with van der Waals surface area (Å²) in [6.45, 7) is 11.7. The Bertz CT molecular complexity index is 4000. The number of fused-ring (bicyclic) bond motifs is 8. The van der Waals surface area contributed by atoms with Gasteiger partial charge in [0.1, 0.15) is 0 Å². The average molecular weight is 1450 g/mol. The highest BCUT2D eigenvalue weighted by atomic mass is 19.4. The molecule has 0 aliphatic carbocycles. The maximum Gasteiger partial charge on any atom is 0.460 e. The summed E-state index contributed by atoms with van der Waals surface area (Å²) in [6.07, 6.45) is -15.9. The number of amides is 2. The highest BCUT2D eigenvalue weighted by molar-refractivity contribution is 6.09. The third-order valence-corrected chi connectivity index (χ3v) is 16.6. The zero-order valence-corrected chi connectivity index (χ0v) is 50.7. The lowest BCUT2D eigenvalue weighted by atomic mass is 9.90. The van der Waals surface area contributed by atoms with Crippen LogP contribution in [0.4, 0.5) is 143 Å². The van der Waals surface area contributed by atoms with Crippen molar-refractivity contribution in [3.63, 3.8) is 0 Å². The Morgan fingerprint density at radius 2 is 0.643 bits per heavy atom. The summed E-state index contributed by atoms with van der Waals surface area (Å²) in [7, 11) is 0. The van der Waals surface area contributed by atoms with Gasteiger partial charge in [0.2, 0.25) is 0 Å². The van der Waals surface area contributed by atoms with E-state index in [-0.39, 0.29) is 126 Å². The molecule has 8 bridgehead atoms. The summed E-state index contributed by atoms with van der Waals surface area (Å²) in [5, 5.41) is 2.23. The number of alkyl halides is 30. The van der Waals surface area contributed by atoms with Crippen LogP contribution in [0.15, 0.2) is 60.7 Å². The third kappa shape index (κ3) is 11.0. The normalized spacial score (nSPS) is 15.0. The number of aromatic nitrogens is 4. The Kier molecular flexibility index (Phi) is 19.2. The number of carbonyl (C=O) groups excluding carboxylic acids is 2. The van der Waals surface area contributed by atoms with Gasteiger partial charge < -0.3 is 20.6 Å². The summed E-state index contributed by atoms with van der Waals surface area (Å²) in [5.41, 5.74) is -3.52. The second-order valence-electron chi connectivity index (χ2n) is 22.3. The molecule has 0 unspecified atom stereocenters. The van der Waals surface area contributed by atoms with Crippen LogP contribution in [0.3, 0.4) is 0 Å². The molecule has 5 aromatic rings. The molecule has 0 saturated heterocycles. The van der Waals surface area contributed by atoms with E-state index in [1.165, 1.54) is 53.7 Å². The van der Waals surface area contributed by atoms with Crippen molar-refractivity contribution < 1.29 is 141 Å². The Hall–Kier alpha value is -8.12. The predicted octanol–water partition coefficient (Wildman–Crippen LogP) is 20.7. The molecule has 2 amide bonds. The maximum absolute atomic E-state index is 15.7. The first-order valence-electron chi connectivity index (χ1n) is 28.0. The molecule has 7 rings (SSSR count). The SMILES string of the molecule is CCC1=C(C)c2nc1cc1[nH]c(c(C)c1CC)c(-c1ccccc1NC(=O)C(F)(F)C(F)(F)C(F)(F)C(F)(F)C(F)(F)C(F)(F)C(F)(F)F)c1nc(cc3[nH]c(c(C)c3CC)c2-c2ccccc2NC(=O)C(F)(F)C(F)(F)C(F)(F)C(F)(F)C(F)(F)C(F)(F)C(F)(F)F)C(CC)=C1C. The minimum Gasteiger partial charge on any atom is -0.354 e. The van der Waals surface area contributed by atoms with Crippen LogP contribution in [0, 0.1) is 13.8 Å². The molecule has 2 aliphatic heterocycles. The smallest absolute Gasteiger partial charge is 0.354 e. The number of allylic oxidation sites excluding steroid dienone is 4. The van der Waals surface area contributed by atoms with Crippen LogP contribution in [0.25, 0.3) is 66.6 Å². The van der Waals surface area contributed by atoms with Crippen LogP contribution < -0.4 is 10.6 Å². The first-order chi connectivity index (χ1) is 44.3. The van der Waals surface area contributed by atoms with E-state index in [9.17, 15) is 106 Å². The molecule has 0 atom stereocenters. The summed E-state index contributed by atoms with van der Waals surface area (Å²) in [5.74, 6) is -108. The number of rotatable bonds is 20. The molecule has 98 heavy (non-hydrogen) atoms. The molecule has 2 aliphatic rings. The number of aryl methyl sites for hydroxylation is 4. The lowest BCUT2D eigenvalue weighted by molar-refractivity contribution is -0.449. The Morgan fingerprint density at radius 3 is 0.908 bits per heavy atom. The fourth-order valence-corrected chi connectivity index (χ4v) is 11.1. The van der Waals surface area contributed by atoms with Crippen molar-refractivity contribution in [2.24, 2.45) is 0 Å². The highest BCUT2D eigenvalue weighted by Crippen LogP contribution is 2.65. The highest BCUT2D eigenvalue weighted by Gasteiger charge is 2.95. The number of benzene rings is 2. The Morgan fingerprint density at radius 1 is 0.378 bits per heavy atom. The molecule has 4 N–H and O–H groups in total. The van der Waals surface area contributed by atoms with Gasteiger partial charge in [-0.15, -0.1) is 0 Å². The van der Waals surface area contributed by atoms with E-state index in [4.69, 9.17) is 9.97 Å². The van der Waals surface area contributed by atoms with Crippen molar-refractivity contribution in [2.75, 3.05) is 10.6 Å². The zero-order valence-electron chi connectivity index (χ0n) is 50.7. The summed E-state index contributed by atoms with van der Waals surface area (Å²) in [6, 6.07) is 9.66. The summed E-state index contributed by atoms with van der Waals surface area (Å²) < 4.78 is 430.